The van der Waals surface area contributed by atoms with Crippen molar-refractivity contribution in [2.45, 2.75) is 26.7 Å². The Morgan fingerprint density at radius 2 is 1.75 bits per heavy atom. The first kappa shape index (κ1) is 13.2. The highest BCUT2D eigenvalue weighted by atomic mass is 35.5. The van der Waals surface area contributed by atoms with E-state index in [0.29, 0.717) is 5.02 Å². The number of carbonyl (C=O) groups is 1. The molecule has 2 nitrogen and oxygen atoms in total. The van der Waals surface area contributed by atoms with Gasteiger partial charge in [0.1, 0.15) is 0 Å². The number of anilines is 1. The molecule has 0 saturated carbocycles. The summed E-state index contributed by atoms with van der Waals surface area (Å²) in [6, 6.07) is 9.92. The fourth-order valence-corrected chi connectivity index (χ4v) is 3.41. The number of hydrogen-bond donors (Lipinski definition) is 1. The Morgan fingerprint density at radius 1 is 1.10 bits per heavy atom. The first-order chi connectivity index (χ1) is 9.49. The van der Waals surface area contributed by atoms with Crippen LogP contribution >= 0.6 is 11.6 Å². The second kappa shape index (κ2) is 4.64. The summed E-state index contributed by atoms with van der Waals surface area (Å²) in [6.45, 7) is 6.19. The third-order valence-electron chi connectivity index (χ3n) is 3.89. The van der Waals surface area contributed by atoms with E-state index in [1.807, 2.05) is 12.1 Å². The topological polar surface area (TPSA) is 29.1 Å². The Kier molecular flexibility index (Phi) is 3.06. The molecule has 0 aliphatic carbocycles. The van der Waals surface area contributed by atoms with Crippen LogP contribution in [0, 0.1) is 20.8 Å². The lowest BCUT2D eigenvalue weighted by atomic mass is 9.85. The van der Waals surface area contributed by atoms with E-state index in [1.54, 1.807) is 6.07 Å². The predicted octanol–water partition coefficient (Wildman–Crippen LogP) is 4.35. The fraction of sp³-hybridized carbons (Fsp3) is 0.235. The maximum absolute atomic E-state index is 12.4. The Bertz CT molecular complexity index is 698. The zero-order valence-corrected chi connectivity index (χ0v) is 12.5. The molecule has 0 spiro atoms. The largest absolute Gasteiger partial charge is 0.324 e. The van der Waals surface area contributed by atoms with Gasteiger partial charge in [-0.25, -0.2) is 0 Å². The van der Waals surface area contributed by atoms with Crippen molar-refractivity contribution >= 4 is 23.2 Å². The fourth-order valence-electron chi connectivity index (χ4n) is 3.18. The van der Waals surface area contributed by atoms with Gasteiger partial charge in [-0.3, -0.25) is 4.79 Å². The molecule has 102 valence electrons. The molecule has 1 aliphatic heterocycles. The molecule has 1 atom stereocenters. The van der Waals surface area contributed by atoms with E-state index in [0.717, 1.165) is 27.9 Å². The van der Waals surface area contributed by atoms with Crippen LogP contribution in [0.4, 0.5) is 5.69 Å². The van der Waals surface area contributed by atoms with Gasteiger partial charge in [-0.2, -0.15) is 0 Å². The van der Waals surface area contributed by atoms with Gasteiger partial charge in [0.15, 0.2) is 0 Å². The third kappa shape index (κ3) is 1.92. The van der Waals surface area contributed by atoms with Crippen LogP contribution < -0.4 is 5.32 Å². The molecule has 1 aliphatic rings. The average Bonchev–Trinajstić information content (AvgIpc) is 2.67. The van der Waals surface area contributed by atoms with Gasteiger partial charge < -0.3 is 5.32 Å². The summed E-state index contributed by atoms with van der Waals surface area (Å²) in [5.41, 5.74) is 6.33. The Balaban J connectivity index is 2.23. The lowest BCUT2D eigenvalue weighted by molar-refractivity contribution is -0.116. The molecular weight excluding hydrogens is 270 g/mol. The van der Waals surface area contributed by atoms with Gasteiger partial charge in [-0.05, 0) is 49.1 Å². The number of aryl methyl sites for hydroxylation is 3. The van der Waals surface area contributed by atoms with E-state index in [1.165, 1.54) is 5.56 Å². The monoisotopic (exact) mass is 285 g/mol. The van der Waals surface area contributed by atoms with Gasteiger partial charge in [0, 0.05) is 0 Å². The van der Waals surface area contributed by atoms with Crippen LogP contribution in [0.15, 0.2) is 30.3 Å². The number of hydrogen-bond acceptors (Lipinski definition) is 1. The quantitative estimate of drug-likeness (QED) is 0.829. The maximum atomic E-state index is 12.4. The highest BCUT2D eigenvalue weighted by Gasteiger charge is 2.34. The van der Waals surface area contributed by atoms with Crippen molar-refractivity contribution in [2.75, 3.05) is 5.32 Å². The first-order valence-corrected chi connectivity index (χ1v) is 7.04. The molecule has 0 bridgehead atoms. The van der Waals surface area contributed by atoms with Crippen LogP contribution in [0.25, 0.3) is 0 Å². The van der Waals surface area contributed by atoms with Crippen LogP contribution in [-0.2, 0) is 4.79 Å². The van der Waals surface area contributed by atoms with Gasteiger partial charge >= 0.3 is 0 Å². The van der Waals surface area contributed by atoms with E-state index in [9.17, 15) is 4.79 Å². The summed E-state index contributed by atoms with van der Waals surface area (Å²) in [5, 5.41) is 3.51. The summed E-state index contributed by atoms with van der Waals surface area (Å²) in [5.74, 6) is -0.257. The second-order valence-electron chi connectivity index (χ2n) is 5.44. The van der Waals surface area contributed by atoms with E-state index in [4.69, 9.17) is 11.6 Å². The van der Waals surface area contributed by atoms with Crippen molar-refractivity contribution in [3.63, 3.8) is 0 Å². The normalized spacial score (nSPS) is 17.0. The van der Waals surface area contributed by atoms with Crippen molar-refractivity contribution in [1.29, 1.82) is 0 Å². The molecule has 0 aromatic heterocycles. The van der Waals surface area contributed by atoms with Crippen LogP contribution in [0.2, 0.25) is 5.02 Å². The molecule has 3 rings (SSSR count). The van der Waals surface area contributed by atoms with E-state index >= 15 is 0 Å². The molecule has 1 amide bonds. The number of halogens is 1. The zero-order valence-electron chi connectivity index (χ0n) is 11.8. The van der Waals surface area contributed by atoms with Gasteiger partial charge in [-0.15, -0.1) is 0 Å². The molecule has 2 aromatic rings. The smallest absolute Gasteiger partial charge is 0.236 e. The summed E-state index contributed by atoms with van der Waals surface area (Å²) in [7, 11) is 0. The molecule has 2 aromatic carbocycles. The predicted molar refractivity (Wildman–Crippen MR) is 82.6 cm³/mol. The minimum absolute atomic E-state index is 0.00292. The zero-order chi connectivity index (χ0) is 14.4. The van der Waals surface area contributed by atoms with E-state index in [2.05, 4.69) is 38.2 Å². The lowest BCUT2D eigenvalue weighted by Crippen LogP contribution is -2.15. The number of rotatable bonds is 1. The van der Waals surface area contributed by atoms with Crippen LogP contribution in [0.3, 0.4) is 0 Å². The standard InChI is InChI=1S/C17H16ClNO/c1-9-7-10(2)14(11(3)8-9)15-12-5-4-6-13(18)16(12)19-17(15)20/h4-8,15H,1-3H3,(H,19,20). The lowest BCUT2D eigenvalue weighted by Gasteiger charge is -2.16. The van der Waals surface area contributed by atoms with Crippen LogP contribution in [0.5, 0.6) is 0 Å². The van der Waals surface area contributed by atoms with Crippen LogP contribution in [0.1, 0.15) is 33.7 Å². The number of para-hydroxylation sites is 1. The van der Waals surface area contributed by atoms with Gasteiger partial charge in [0.05, 0.1) is 16.6 Å². The minimum Gasteiger partial charge on any atom is -0.324 e. The summed E-state index contributed by atoms with van der Waals surface area (Å²) in [4.78, 5) is 12.4. The molecule has 1 heterocycles. The van der Waals surface area contributed by atoms with E-state index < -0.39 is 0 Å². The summed E-state index contributed by atoms with van der Waals surface area (Å²) < 4.78 is 0. The van der Waals surface area contributed by atoms with Crippen molar-refractivity contribution in [1.82, 2.24) is 0 Å². The molecule has 0 radical (unpaired) electrons. The molecule has 20 heavy (non-hydrogen) atoms. The van der Waals surface area contributed by atoms with Crippen LogP contribution in [-0.4, -0.2) is 5.91 Å². The van der Waals surface area contributed by atoms with Gasteiger partial charge in [0.25, 0.3) is 0 Å². The highest BCUT2D eigenvalue weighted by molar-refractivity contribution is 6.34. The Hall–Kier alpha value is -1.80. The SMILES string of the molecule is Cc1cc(C)c(C2C(=O)Nc3c(Cl)cccc32)c(C)c1. The number of benzene rings is 2. The summed E-state index contributed by atoms with van der Waals surface area (Å²) in [6.07, 6.45) is 0. The van der Waals surface area contributed by atoms with Crippen molar-refractivity contribution < 1.29 is 4.79 Å². The minimum atomic E-state index is -0.260. The Morgan fingerprint density at radius 3 is 2.40 bits per heavy atom. The van der Waals surface area contributed by atoms with Gasteiger partial charge in [0.2, 0.25) is 5.91 Å². The molecule has 1 N–H and O–H groups in total. The average molecular weight is 286 g/mol. The molecule has 3 heteroatoms. The first-order valence-electron chi connectivity index (χ1n) is 6.66. The Labute approximate surface area is 123 Å². The maximum Gasteiger partial charge on any atom is 0.236 e. The molecular formula is C17H16ClNO. The van der Waals surface area contributed by atoms with E-state index in [-0.39, 0.29) is 11.8 Å². The number of fused-ring (bicyclic) bond motifs is 1. The summed E-state index contributed by atoms with van der Waals surface area (Å²) >= 11 is 6.18. The number of carbonyl (C=O) groups excluding carboxylic acids is 1. The van der Waals surface area contributed by atoms with Crippen molar-refractivity contribution in [3.05, 3.63) is 63.2 Å². The molecule has 0 fully saturated rings. The molecule has 1 unspecified atom stereocenters. The highest BCUT2D eigenvalue weighted by Crippen LogP contribution is 2.42. The third-order valence-corrected chi connectivity index (χ3v) is 4.21. The van der Waals surface area contributed by atoms with Crippen molar-refractivity contribution in [2.24, 2.45) is 0 Å². The van der Waals surface area contributed by atoms with Crippen molar-refractivity contribution in [3.8, 4) is 0 Å². The molecule has 0 saturated heterocycles. The number of amides is 1. The number of nitrogens with one attached hydrogen (secondary N) is 1. The second-order valence-corrected chi connectivity index (χ2v) is 5.85. The van der Waals surface area contributed by atoms with Gasteiger partial charge in [-0.1, -0.05) is 41.4 Å².